The van der Waals surface area contributed by atoms with Gasteiger partial charge in [0.1, 0.15) is 23.4 Å². The Labute approximate surface area is 206 Å². The highest BCUT2D eigenvalue weighted by molar-refractivity contribution is 6.43. The predicted octanol–water partition coefficient (Wildman–Crippen LogP) is 1.90. The molecule has 5 atom stereocenters. The van der Waals surface area contributed by atoms with Crippen molar-refractivity contribution in [1.82, 2.24) is 15.5 Å². The number of amides is 3. The van der Waals surface area contributed by atoms with E-state index in [-0.39, 0.29) is 39.8 Å². The smallest absolute Gasteiger partial charge is 0.309 e. The third-order valence-electron chi connectivity index (χ3n) is 7.63. The molecular weight excluding hydrogens is 485 g/mol. The summed E-state index contributed by atoms with van der Waals surface area (Å²) >= 11 is 12.2. The SMILES string of the molecule is CC1C(C)C1(NC(=O)c1cccc(Cl)c1Cl)C(=O)N1CCC[C@H]1C(=O)N[C@]1(C=O)C[C@H]1C(=O)O. The van der Waals surface area contributed by atoms with Gasteiger partial charge in [0.15, 0.2) is 0 Å². The molecule has 4 rings (SSSR count). The van der Waals surface area contributed by atoms with Crippen LogP contribution in [-0.2, 0) is 19.2 Å². The van der Waals surface area contributed by atoms with Gasteiger partial charge in [0.25, 0.3) is 5.91 Å². The summed E-state index contributed by atoms with van der Waals surface area (Å²) in [7, 11) is 0. The van der Waals surface area contributed by atoms with Crippen LogP contribution in [0.15, 0.2) is 18.2 Å². The van der Waals surface area contributed by atoms with Gasteiger partial charge in [-0.15, -0.1) is 0 Å². The van der Waals surface area contributed by atoms with Crippen molar-refractivity contribution < 1.29 is 29.1 Å². The van der Waals surface area contributed by atoms with Gasteiger partial charge in [-0.05, 0) is 43.2 Å². The summed E-state index contributed by atoms with van der Waals surface area (Å²) in [5.74, 6) is -4.01. The van der Waals surface area contributed by atoms with E-state index in [0.29, 0.717) is 25.7 Å². The minimum atomic E-state index is -1.43. The number of benzene rings is 1. The molecule has 1 saturated heterocycles. The Balaban J connectivity index is 1.53. The van der Waals surface area contributed by atoms with Crippen LogP contribution in [0.5, 0.6) is 0 Å². The Morgan fingerprint density at radius 1 is 1.15 bits per heavy atom. The summed E-state index contributed by atoms with van der Waals surface area (Å²) in [6, 6.07) is 3.79. The number of aldehydes is 1. The molecule has 11 heteroatoms. The summed E-state index contributed by atoms with van der Waals surface area (Å²) in [6.45, 7) is 4.00. The average Bonchev–Trinajstić information content (AvgIpc) is 3.53. The van der Waals surface area contributed by atoms with Crippen LogP contribution >= 0.6 is 23.2 Å². The first-order chi connectivity index (χ1) is 16.0. The van der Waals surface area contributed by atoms with Crippen molar-refractivity contribution >= 4 is 53.2 Å². The molecule has 2 saturated carbocycles. The Kier molecular flexibility index (Phi) is 6.14. The number of carbonyl (C=O) groups excluding carboxylic acids is 4. The van der Waals surface area contributed by atoms with Crippen LogP contribution in [0.4, 0.5) is 0 Å². The number of halogens is 2. The van der Waals surface area contributed by atoms with E-state index in [0.717, 1.165) is 0 Å². The second-order valence-corrected chi connectivity index (χ2v) is 10.2. The van der Waals surface area contributed by atoms with E-state index in [2.05, 4.69) is 10.6 Å². The van der Waals surface area contributed by atoms with Gasteiger partial charge in [0.05, 0.1) is 21.5 Å². The molecule has 3 aliphatic rings. The van der Waals surface area contributed by atoms with Gasteiger partial charge in [-0.2, -0.15) is 0 Å². The van der Waals surface area contributed by atoms with E-state index in [4.69, 9.17) is 23.2 Å². The number of carboxylic acids is 1. The number of nitrogens with one attached hydrogen (secondary N) is 2. The van der Waals surface area contributed by atoms with Crippen molar-refractivity contribution in [2.24, 2.45) is 17.8 Å². The predicted molar refractivity (Wildman–Crippen MR) is 122 cm³/mol. The van der Waals surface area contributed by atoms with Crippen LogP contribution in [0.25, 0.3) is 0 Å². The monoisotopic (exact) mass is 509 g/mol. The van der Waals surface area contributed by atoms with Gasteiger partial charge in [-0.1, -0.05) is 43.1 Å². The lowest BCUT2D eigenvalue weighted by atomic mass is 10.1. The molecule has 3 N–H and O–H groups in total. The van der Waals surface area contributed by atoms with Gasteiger partial charge in [-0.3, -0.25) is 19.2 Å². The van der Waals surface area contributed by atoms with E-state index >= 15 is 0 Å². The van der Waals surface area contributed by atoms with E-state index in [9.17, 15) is 29.1 Å². The summed E-state index contributed by atoms with van der Waals surface area (Å²) in [6.07, 6.45) is 1.41. The van der Waals surface area contributed by atoms with Crippen molar-refractivity contribution in [3.05, 3.63) is 33.8 Å². The maximum absolute atomic E-state index is 13.7. The number of hydrogen-bond donors (Lipinski definition) is 3. The van der Waals surface area contributed by atoms with E-state index in [1.807, 2.05) is 13.8 Å². The summed E-state index contributed by atoms with van der Waals surface area (Å²) in [4.78, 5) is 63.9. The number of likely N-dealkylation sites (tertiary alicyclic amines) is 1. The van der Waals surface area contributed by atoms with Gasteiger partial charge in [-0.25, -0.2) is 0 Å². The van der Waals surface area contributed by atoms with Crippen LogP contribution in [0, 0.1) is 17.8 Å². The molecule has 9 nitrogen and oxygen atoms in total. The fourth-order valence-corrected chi connectivity index (χ4v) is 5.48. The minimum Gasteiger partial charge on any atom is -0.481 e. The maximum Gasteiger partial charge on any atom is 0.309 e. The number of hydrogen-bond acceptors (Lipinski definition) is 5. The van der Waals surface area contributed by atoms with Gasteiger partial charge in [0, 0.05) is 6.54 Å². The molecule has 1 aromatic rings. The Morgan fingerprint density at radius 3 is 2.38 bits per heavy atom. The molecule has 2 unspecified atom stereocenters. The first kappa shape index (κ1) is 24.5. The third kappa shape index (κ3) is 3.75. The summed E-state index contributed by atoms with van der Waals surface area (Å²) in [5, 5.41) is 14.9. The highest BCUT2D eigenvalue weighted by Gasteiger charge is 2.68. The zero-order chi connectivity index (χ0) is 25.0. The van der Waals surface area contributed by atoms with Gasteiger partial charge < -0.3 is 25.4 Å². The molecule has 3 amide bonds. The van der Waals surface area contributed by atoms with Crippen molar-refractivity contribution in [1.29, 1.82) is 0 Å². The quantitative estimate of drug-likeness (QED) is 0.480. The largest absolute Gasteiger partial charge is 0.481 e. The lowest BCUT2D eigenvalue weighted by molar-refractivity contribution is -0.143. The molecule has 1 heterocycles. The van der Waals surface area contributed by atoms with Crippen LogP contribution in [0.1, 0.15) is 43.5 Å². The zero-order valence-corrected chi connectivity index (χ0v) is 20.2. The molecular formula is C23H25Cl2N3O6. The lowest BCUT2D eigenvalue weighted by Crippen LogP contribution is -2.57. The molecule has 34 heavy (non-hydrogen) atoms. The summed E-state index contributed by atoms with van der Waals surface area (Å²) < 4.78 is 0. The van der Waals surface area contributed by atoms with E-state index in [1.165, 1.54) is 11.0 Å². The fourth-order valence-electron chi connectivity index (χ4n) is 5.10. The van der Waals surface area contributed by atoms with Gasteiger partial charge >= 0.3 is 5.97 Å². The standard InChI is InChI=1S/C23H25Cl2N3O6/c1-11-12(2)23(11,27-18(30)13-5-3-6-15(24)17(13)25)21(34)28-8-4-7-16(28)19(31)26-22(10-29)9-14(22)20(32)33/h3,5-6,10-12,14,16H,4,7-9H2,1-2H3,(H,26,31)(H,27,30)(H,32,33)/t11?,12?,14-,16-,22-,23?/m0/s1. The fraction of sp³-hybridized carbons (Fsp3) is 0.522. The molecule has 0 aromatic heterocycles. The first-order valence-corrected chi connectivity index (χ1v) is 11.8. The van der Waals surface area contributed by atoms with Crippen molar-refractivity contribution in [3.63, 3.8) is 0 Å². The second kappa shape index (κ2) is 8.53. The minimum absolute atomic E-state index is 0.0205. The van der Waals surface area contributed by atoms with Gasteiger partial charge in [0.2, 0.25) is 11.8 Å². The molecule has 0 radical (unpaired) electrons. The third-order valence-corrected chi connectivity index (χ3v) is 8.45. The number of rotatable bonds is 7. The van der Waals surface area contributed by atoms with Crippen molar-refractivity contribution in [2.45, 2.75) is 50.2 Å². The van der Waals surface area contributed by atoms with Crippen molar-refractivity contribution in [2.75, 3.05) is 6.54 Å². The first-order valence-electron chi connectivity index (χ1n) is 11.1. The van der Waals surface area contributed by atoms with E-state index in [1.54, 1.807) is 12.1 Å². The number of carbonyl (C=O) groups is 5. The summed E-state index contributed by atoms with van der Waals surface area (Å²) in [5.41, 5.74) is -2.50. The molecule has 182 valence electrons. The lowest BCUT2D eigenvalue weighted by Gasteiger charge is -2.30. The van der Waals surface area contributed by atoms with Crippen LogP contribution in [0.3, 0.4) is 0 Å². The number of nitrogens with zero attached hydrogens (tertiary/aromatic N) is 1. The zero-order valence-electron chi connectivity index (χ0n) is 18.6. The highest BCUT2D eigenvalue weighted by atomic mass is 35.5. The molecule has 2 aliphatic carbocycles. The Bertz CT molecular complexity index is 1090. The Morgan fingerprint density at radius 2 is 1.82 bits per heavy atom. The highest BCUT2D eigenvalue weighted by Crippen LogP contribution is 2.52. The van der Waals surface area contributed by atoms with Crippen LogP contribution in [-0.4, -0.2) is 63.6 Å². The molecule has 1 aliphatic heterocycles. The number of aliphatic carboxylic acids is 1. The molecule has 0 bridgehead atoms. The Hall–Kier alpha value is -2.65. The average molecular weight is 510 g/mol. The van der Waals surface area contributed by atoms with Crippen LogP contribution < -0.4 is 10.6 Å². The van der Waals surface area contributed by atoms with Crippen molar-refractivity contribution in [3.8, 4) is 0 Å². The van der Waals surface area contributed by atoms with E-state index < -0.39 is 40.8 Å². The normalized spacial score (nSPS) is 33.7. The molecule has 3 fully saturated rings. The maximum atomic E-state index is 13.7. The topological polar surface area (TPSA) is 133 Å². The van der Waals surface area contributed by atoms with Crippen LogP contribution in [0.2, 0.25) is 10.0 Å². The second-order valence-electron chi connectivity index (χ2n) is 9.40. The molecule has 0 spiro atoms. The molecule has 1 aromatic carbocycles. The number of carboxylic acid groups (broad SMARTS) is 1.